The van der Waals surface area contributed by atoms with Gasteiger partial charge in [-0.3, -0.25) is 0 Å². The first kappa shape index (κ1) is 12.3. The van der Waals surface area contributed by atoms with Gasteiger partial charge in [0, 0.05) is 18.8 Å². The highest BCUT2D eigenvalue weighted by Crippen LogP contribution is 2.54. The van der Waals surface area contributed by atoms with Crippen LogP contribution in [0.2, 0.25) is 0 Å². The number of aryl methyl sites for hydroxylation is 1. The number of rotatable bonds is 3. The molecule has 2 fully saturated rings. The fourth-order valence-corrected chi connectivity index (χ4v) is 2.97. The molecule has 0 bridgehead atoms. The van der Waals surface area contributed by atoms with Crippen LogP contribution in [0.25, 0.3) is 0 Å². The number of carbonyl (C=O) groups is 1. The molecule has 2 N–H and O–H groups in total. The van der Waals surface area contributed by atoms with Crippen molar-refractivity contribution in [3.63, 3.8) is 0 Å². The van der Waals surface area contributed by atoms with E-state index in [2.05, 4.69) is 10.3 Å². The lowest BCUT2D eigenvalue weighted by molar-refractivity contribution is 0.140. The normalized spacial score (nSPS) is 23.6. The number of nitrogens with one attached hydrogen (secondary N) is 1. The predicted molar refractivity (Wildman–Crippen MR) is 72.3 cm³/mol. The van der Waals surface area contributed by atoms with E-state index in [4.69, 9.17) is 0 Å². The van der Waals surface area contributed by atoms with Gasteiger partial charge in [0.25, 0.3) is 0 Å². The molecular weight excluding hydrogens is 242 g/mol. The van der Waals surface area contributed by atoms with Gasteiger partial charge in [-0.15, -0.1) is 0 Å². The Hall–Kier alpha value is -1.78. The number of nitrogens with zero attached hydrogens (tertiary/aromatic N) is 2. The smallest absolute Gasteiger partial charge is 0.407 e. The van der Waals surface area contributed by atoms with Gasteiger partial charge < -0.3 is 15.3 Å². The lowest BCUT2D eigenvalue weighted by atomic mass is 10.0. The number of likely N-dealkylation sites (tertiary alicyclic amines) is 1. The Balaban J connectivity index is 1.64. The Labute approximate surface area is 112 Å². The Morgan fingerprint density at radius 3 is 3.00 bits per heavy atom. The van der Waals surface area contributed by atoms with E-state index in [9.17, 15) is 9.90 Å². The highest BCUT2D eigenvalue weighted by atomic mass is 16.4. The second kappa shape index (κ2) is 4.40. The molecule has 5 heteroatoms. The first-order chi connectivity index (χ1) is 9.08. The van der Waals surface area contributed by atoms with E-state index in [1.165, 1.54) is 12.8 Å². The third kappa shape index (κ3) is 2.50. The van der Waals surface area contributed by atoms with Gasteiger partial charge in [0.05, 0.1) is 6.04 Å². The van der Waals surface area contributed by atoms with Gasteiger partial charge in [-0.05, 0) is 43.7 Å². The van der Waals surface area contributed by atoms with Gasteiger partial charge in [0.1, 0.15) is 5.82 Å². The van der Waals surface area contributed by atoms with Crippen LogP contribution < -0.4 is 5.32 Å². The van der Waals surface area contributed by atoms with Crippen molar-refractivity contribution in [3.8, 4) is 0 Å². The van der Waals surface area contributed by atoms with E-state index >= 15 is 0 Å². The Morgan fingerprint density at radius 2 is 2.37 bits per heavy atom. The summed E-state index contributed by atoms with van der Waals surface area (Å²) in [7, 11) is 0. The minimum Gasteiger partial charge on any atom is -0.465 e. The van der Waals surface area contributed by atoms with Gasteiger partial charge >= 0.3 is 6.09 Å². The van der Waals surface area contributed by atoms with Crippen LogP contribution in [0.3, 0.4) is 0 Å². The molecule has 1 spiro atoms. The van der Waals surface area contributed by atoms with Crippen LogP contribution in [-0.4, -0.2) is 40.2 Å². The Morgan fingerprint density at radius 1 is 1.58 bits per heavy atom. The first-order valence-electron chi connectivity index (χ1n) is 6.75. The van der Waals surface area contributed by atoms with E-state index in [0.29, 0.717) is 18.5 Å². The fraction of sp³-hybridized carbons (Fsp3) is 0.571. The zero-order chi connectivity index (χ0) is 13.5. The first-order valence-corrected chi connectivity index (χ1v) is 6.75. The molecule has 1 saturated heterocycles. The molecule has 1 aliphatic heterocycles. The number of anilines is 1. The summed E-state index contributed by atoms with van der Waals surface area (Å²) in [5, 5.41) is 12.5. The molecule has 5 nitrogen and oxygen atoms in total. The zero-order valence-electron chi connectivity index (χ0n) is 11.1. The van der Waals surface area contributed by atoms with Crippen LogP contribution in [0.5, 0.6) is 0 Å². The number of hydrogen-bond acceptors (Lipinski definition) is 3. The molecule has 3 rings (SSSR count). The van der Waals surface area contributed by atoms with Gasteiger partial charge in [0.15, 0.2) is 0 Å². The maximum absolute atomic E-state index is 11.3. The summed E-state index contributed by atoms with van der Waals surface area (Å²) >= 11 is 0. The molecule has 1 aromatic rings. The molecule has 2 aliphatic rings. The number of amides is 1. The molecule has 1 amide bonds. The van der Waals surface area contributed by atoms with Crippen molar-refractivity contribution in [2.45, 2.75) is 32.2 Å². The number of hydrogen-bond donors (Lipinski definition) is 2. The lowest BCUT2D eigenvalue weighted by Crippen LogP contribution is -2.38. The molecule has 1 saturated carbocycles. The predicted octanol–water partition coefficient (Wildman–Crippen LogP) is 2.33. The largest absolute Gasteiger partial charge is 0.465 e. The average Bonchev–Trinajstić information content (AvgIpc) is 2.99. The Kier molecular flexibility index (Phi) is 2.84. The number of pyridine rings is 1. The second-order valence-electron chi connectivity index (χ2n) is 5.81. The Bertz CT molecular complexity index is 499. The van der Waals surface area contributed by atoms with Crippen LogP contribution in [0.1, 0.15) is 25.0 Å². The molecule has 0 aromatic carbocycles. The van der Waals surface area contributed by atoms with E-state index in [-0.39, 0.29) is 6.04 Å². The van der Waals surface area contributed by atoms with Gasteiger partial charge in [-0.2, -0.15) is 0 Å². The van der Waals surface area contributed by atoms with Crippen molar-refractivity contribution in [1.29, 1.82) is 0 Å². The van der Waals surface area contributed by atoms with Crippen molar-refractivity contribution in [3.05, 3.63) is 23.9 Å². The third-order valence-corrected chi connectivity index (χ3v) is 4.23. The molecule has 19 heavy (non-hydrogen) atoms. The van der Waals surface area contributed by atoms with Crippen LogP contribution in [0, 0.1) is 12.3 Å². The van der Waals surface area contributed by atoms with Crippen LogP contribution >= 0.6 is 0 Å². The summed E-state index contributed by atoms with van der Waals surface area (Å²) < 4.78 is 0. The molecule has 1 aromatic heterocycles. The van der Waals surface area contributed by atoms with Gasteiger partial charge in [-0.25, -0.2) is 9.78 Å². The minimum absolute atomic E-state index is 0.0716. The van der Waals surface area contributed by atoms with Gasteiger partial charge in [-0.1, -0.05) is 6.07 Å². The average molecular weight is 261 g/mol. The van der Waals surface area contributed by atoms with Crippen molar-refractivity contribution in [2.24, 2.45) is 5.41 Å². The fourth-order valence-electron chi connectivity index (χ4n) is 2.97. The molecule has 1 unspecified atom stereocenters. The zero-order valence-corrected chi connectivity index (χ0v) is 11.1. The third-order valence-electron chi connectivity index (χ3n) is 4.23. The van der Waals surface area contributed by atoms with E-state index in [1.54, 1.807) is 4.90 Å². The van der Waals surface area contributed by atoms with E-state index in [0.717, 1.165) is 17.9 Å². The highest BCUT2D eigenvalue weighted by molar-refractivity contribution is 5.66. The minimum atomic E-state index is -0.798. The lowest BCUT2D eigenvalue weighted by Gasteiger charge is -2.21. The summed E-state index contributed by atoms with van der Waals surface area (Å²) in [6, 6.07) is 5.89. The number of carboxylic acid groups (broad SMARTS) is 1. The number of aromatic nitrogens is 1. The highest BCUT2D eigenvalue weighted by Gasteiger charge is 2.53. The maximum Gasteiger partial charge on any atom is 0.407 e. The summed E-state index contributed by atoms with van der Waals surface area (Å²) in [6.07, 6.45) is 2.54. The van der Waals surface area contributed by atoms with E-state index < -0.39 is 6.09 Å². The van der Waals surface area contributed by atoms with Crippen LogP contribution in [0.15, 0.2) is 18.2 Å². The van der Waals surface area contributed by atoms with E-state index in [1.807, 2.05) is 25.1 Å². The second-order valence-corrected chi connectivity index (χ2v) is 5.81. The summed E-state index contributed by atoms with van der Waals surface area (Å²) in [5.74, 6) is 0.821. The summed E-state index contributed by atoms with van der Waals surface area (Å²) in [4.78, 5) is 17.2. The van der Waals surface area contributed by atoms with Crippen molar-refractivity contribution >= 4 is 11.9 Å². The van der Waals surface area contributed by atoms with Gasteiger partial charge in [0.2, 0.25) is 0 Å². The summed E-state index contributed by atoms with van der Waals surface area (Å²) in [5.41, 5.74) is 1.26. The molecule has 102 valence electrons. The molecule has 1 aliphatic carbocycles. The monoisotopic (exact) mass is 261 g/mol. The summed E-state index contributed by atoms with van der Waals surface area (Å²) in [6.45, 7) is 3.30. The molecule has 1 atom stereocenters. The van der Waals surface area contributed by atoms with Crippen molar-refractivity contribution < 1.29 is 9.90 Å². The van der Waals surface area contributed by atoms with Crippen LogP contribution in [-0.2, 0) is 0 Å². The molecule has 2 heterocycles. The van der Waals surface area contributed by atoms with Crippen molar-refractivity contribution in [2.75, 3.05) is 18.4 Å². The standard InChI is InChI=1S/C14H19N3O2/c1-10-3-2-4-12(16-10)15-8-11-7-14(5-6-14)9-17(11)13(18)19/h2-4,11H,5-9H2,1H3,(H,15,16)(H,18,19). The van der Waals surface area contributed by atoms with Crippen LogP contribution in [0.4, 0.5) is 10.6 Å². The van der Waals surface area contributed by atoms with Crippen molar-refractivity contribution in [1.82, 2.24) is 9.88 Å². The quantitative estimate of drug-likeness (QED) is 0.876. The topological polar surface area (TPSA) is 65.5 Å². The molecule has 0 radical (unpaired) electrons. The SMILES string of the molecule is Cc1cccc(NCC2CC3(CC3)CN2C(=O)O)n1. The maximum atomic E-state index is 11.3. The molecular formula is C14H19N3O2.